The number of amides is 2. The zero-order valence-corrected chi connectivity index (χ0v) is 19.4. The molecule has 182 valence electrons. The molecule has 3 N–H and O–H groups in total. The van der Waals surface area contributed by atoms with Gasteiger partial charge in [-0.3, -0.25) is 0 Å². The number of likely N-dealkylation sites (tertiary alicyclic amines) is 1. The summed E-state index contributed by atoms with van der Waals surface area (Å²) in [5, 5.41) is 12.6. The fourth-order valence-electron chi connectivity index (χ4n) is 4.07. The summed E-state index contributed by atoms with van der Waals surface area (Å²) in [5.41, 5.74) is -3.99. The first kappa shape index (κ1) is 23.2. The zero-order chi connectivity index (χ0) is 24.0. The molecule has 2 aliphatic heterocycles. The number of alkyl halides is 4. The van der Waals surface area contributed by atoms with Crippen LogP contribution >= 0.6 is 23.1 Å². The van der Waals surface area contributed by atoms with E-state index in [1.807, 2.05) is 11.9 Å². The number of hydrogen-bond acceptors (Lipinski definition) is 8. The second kappa shape index (κ2) is 8.89. The molecule has 0 radical (unpaired) electrons. The first-order valence-corrected chi connectivity index (χ1v) is 12.1. The molecule has 5 rings (SSSR count). The summed E-state index contributed by atoms with van der Waals surface area (Å²) < 4.78 is 60.8. The molecule has 0 bridgehead atoms. The molecule has 2 saturated heterocycles. The number of urea groups is 1. The number of hydrogen-bond donors (Lipinski definition) is 3. The molecule has 2 aliphatic rings. The number of nitrogens with zero attached hydrogens (tertiary/aromatic N) is 3. The fraction of sp³-hybridized carbons (Fsp3) is 0.450. The maximum atomic E-state index is 14.6. The molecule has 0 aliphatic carbocycles. The van der Waals surface area contributed by atoms with E-state index in [9.17, 15) is 22.4 Å². The number of halogens is 4. The van der Waals surface area contributed by atoms with E-state index in [0.717, 1.165) is 11.3 Å². The second-order valence-electron chi connectivity index (χ2n) is 8.17. The van der Waals surface area contributed by atoms with Crippen LogP contribution in [0.1, 0.15) is 18.4 Å². The van der Waals surface area contributed by atoms with Crippen LogP contribution in [0.4, 0.5) is 28.0 Å². The van der Waals surface area contributed by atoms with Gasteiger partial charge < -0.3 is 25.4 Å². The van der Waals surface area contributed by atoms with E-state index in [1.165, 1.54) is 0 Å². The quantitative estimate of drug-likeness (QED) is 0.342. The summed E-state index contributed by atoms with van der Waals surface area (Å²) in [6, 6.07) is 3.52. The van der Waals surface area contributed by atoms with Crippen molar-refractivity contribution < 1.29 is 26.9 Å². The SMILES string of the molecule is CN1CC[C@H](F)[C@H](Nc2cccc3c(SC(F)(F)F)c(-c4noc([C@H]5CNC(=O)N5)n4)sc23)C1. The van der Waals surface area contributed by atoms with Gasteiger partial charge in [0.15, 0.2) is 0 Å². The molecule has 3 aromatic rings. The summed E-state index contributed by atoms with van der Waals surface area (Å²) in [7, 11) is 1.90. The van der Waals surface area contributed by atoms with Crippen LogP contribution in [0.5, 0.6) is 0 Å². The number of aromatic nitrogens is 2. The molecule has 0 spiro atoms. The van der Waals surface area contributed by atoms with Gasteiger partial charge >= 0.3 is 11.5 Å². The van der Waals surface area contributed by atoms with E-state index >= 15 is 0 Å². The molecular weight excluding hydrogens is 496 g/mol. The van der Waals surface area contributed by atoms with Gasteiger partial charge in [-0.25, -0.2) is 9.18 Å². The number of carbonyl (C=O) groups is 1. The van der Waals surface area contributed by atoms with E-state index in [0.29, 0.717) is 35.3 Å². The van der Waals surface area contributed by atoms with Crippen molar-refractivity contribution in [3.05, 3.63) is 24.1 Å². The lowest BCUT2D eigenvalue weighted by atomic mass is 10.0. The smallest absolute Gasteiger partial charge is 0.377 e. The van der Waals surface area contributed by atoms with Crippen molar-refractivity contribution in [1.29, 1.82) is 0 Å². The van der Waals surface area contributed by atoms with Gasteiger partial charge in [-0.1, -0.05) is 17.3 Å². The molecule has 14 heteroatoms. The van der Waals surface area contributed by atoms with Crippen LogP contribution in [0.3, 0.4) is 0 Å². The highest BCUT2D eigenvalue weighted by Gasteiger charge is 2.35. The van der Waals surface area contributed by atoms with Crippen molar-refractivity contribution in [1.82, 2.24) is 25.7 Å². The molecule has 8 nitrogen and oxygen atoms in total. The monoisotopic (exact) mass is 516 g/mol. The van der Waals surface area contributed by atoms with Crippen LogP contribution in [0.25, 0.3) is 20.8 Å². The van der Waals surface area contributed by atoms with Gasteiger partial charge in [-0.2, -0.15) is 18.2 Å². The molecule has 34 heavy (non-hydrogen) atoms. The van der Waals surface area contributed by atoms with Gasteiger partial charge in [0.2, 0.25) is 5.82 Å². The Morgan fingerprint density at radius 3 is 2.91 bits per heavy atom. The second-order valence-corrected chi connectivity index (χ2v) is 10.3. The van der Waals surface area contributed by atoms with Crippen LogP contribution in [0.2, 0.25) is 0 Å². The highest BCUT2D eigenvalue weighted by atomic mass is 32.2. The van der Waals surface area contributed by atoms with Crippen molar-refractivity contribution >= 4 is 44.9 Å². The lowest BCUT2D eigenvalue weighted by Crippen LogP contribution is -2.47. The Morgan fingerprint density at radius 1 is 1.35 bits per heavy atom. The number of anilines is 1. The van der Waals surface area contributed by atoms with Crippen molar-refractivity contribution in [3.63, 3.8) is 0 Å². The van der Waals surface area contributed by atoms with E-state index in [4.69, 9.17) is 4.52 Å². The predicted molar refractivity (Wildman–Crippen MR) is 121 cm³/mol. The highest BCUT2D eigenvalue weighted by molar-refractivity contribution is 8.00. The number of thioether (sulfide) groups is 1. The number of carbonyl (C=O) groups excluding carboxylic acids is 1. The third kappa shape index (κ3) is 4.66. The molecule has 3 atom stereocenters. The lowest BCUT2D eigenvalue weighted by Gasteiger charge is -2.33. The van der Waals surface area contributed by atoms with Crippen molar-refractivity contribution in [2.75, 3.05) is 32.0 Å². The zero-order valence-electron chi connectivity index (χ0n) is 17.8. The number of nitrogens with one attached hydrogen (secondary N) is 3. The lowest BCUT2D eigenvalue weighted by molar-refractivity contribution is -0.0327. The van der Waals surface area contributed by atoms with Gasteiger partial charge in [-0.15, -0.1) is 11.3 Å². The number of rotatable bonds is 5. The number of benzene rings is 1. The summed E-state index contributed by atoms with van der Waals surface area (Å²) in [5.74, 6) is 0.0912. The van der Waals surface area contributed by atoms with Crippen LogP contribution in [0.15, 0.2) is 27.6 Å². The fourth-order valence-corrected chi connectivity index (χ4v) is 6.18. The van der Waals surface area contributed by atoms with E-state index < -0.39 is 29.8 Å². The number of fused-ring (bicyclic) bond motifs is 1. The first-order valence-electron chi connectivity index (χ1n) is 10.5. The Morgan fingerprint density at radius 2 is 2.18 bits per heavy atom. The van der Waals surface area contributed by atoms with Crippen molar-refractivity contribution in [2.45, 2.75) is 35.1 Å². The molecule has 4 heterocycles. The molecular formula is C20H20F4N6O2S2. The van der Waals surface area contributed by atoms with Crippen LogP contribution in [-0.4, -0.2) is 65.5 Å². The molecule has 2 aromatic heterocycles. The summed E-state index contributed by atoms with van der Waals surface area (Å²) >= 11 is 0.837. The normalized spacial score (nSPS) is 23.8. The van der Waals surface area contributed by atoms with Crippen LogP contribution < -0.4 is 16.0 Å². The van der Waals surface area contributed by atoms with Gasteiger partial charge in [0.05, 0.1) is 21.3 Å². The number of piperidine rings is 1. The van der Waals surface area contributed by atoms with E-state index in [2.05, 4.69) is 26.1 Å². The topological polar surface area (TPSA) is 95.3 Å². The molecule has 0 unspecified atom stereocenters. The molecule has 0 saturated carbocycles. The van der Waals surface area contributed by atoms with Crippen molar-refractivity contribution in [2.24, 2.45) is 0 Å². The summed E-state index contributed by atoms with van der Waals surface area (Å²) in [4.78, 5) is 17.8. The maximum absolute atomic E-state index is 14.6. The minimum absolute atomic E-state index is 0.00387. The third-order valence-corrected chi connectivity index (χ3v) is 7.90. The van der Waals surface area contributed by atoms with Gasteiger partial charge in [0, 0.05) is 29.9 Å². The Kier molecular flexibility index (Phi) is 6.06. The minimum atomic E-state index is -4.54. The van der Waals surface area contributed by atoms with E-state index in [1.54, 1.807) is 18.2 Å². The molecule has 1 aromatic carbocycles. The van der Waals surface area contributed by atoms with E-state index in [-0.39, 0.29) is 39.8 Å². The number of likely N-dealkylation sites (N-methyl/N-ethyl adjacent to an activating group) is 1. The average molecular weight is 517 g/mol. The first-order chi connectivity index (χ1) is 16.2. The molecule has 2 amide bonds. The summed E-state index contributed by atoms with van der Waals surface area (Å²) in [6.45, 7) is 1.36. The van der Waals surface area contributed by atoms with Gasteiger partial charge in [0.25, 0.3) is 5.89 Å². The maximum Gasteiger partial charge on any atom is 0.446 e. The standard InChI is InChI=1S/C20H20F4N6O2S2/c1-30-6-5-10(21)13(8-30)26-11-4-2-3-9-14(11)33-16(15(9)34-20(22,23)24)17-28-18(32-29-17)12-7-25-19(31)27-12/h2-4,10,12-13,26H,5-8H2,1H3,(H2,25,27,31)/t10-,12+,13+/m0/s1. The Labute approximate surface area is 199 Å². The largest absolute Gasteiger partial charge is 0.446 e. The minimum Gasteiger partial charge on any atom is -0.377 e. The average Bonchev–Trinajstić information content (AvgIpc) is 3.49. The van der Waals surface area contributed by atoms with Gasteiger partial charge in [-0.05, 0) is 31.3 Å². The van der Waals surface area contributed by atoms with Crippen LogP contribution in [-0.2, 0) is 0 Å². The van der Waals surface area contributed by atoms with Gasteiger partial charge in [0.1, 0.15) is 12.2 Å². The Bertz CT molecular complexity index is 1220. The van der Waals surface area contributed by atoms with Crippen LogP contribution in [0, 0.1) is 0 Å². The Balaban J connectivity index is 1.55. The predicted octanol–water partition coefficient (Wildman–Crippen LogP) is 4.37. The Hall–Kier alpha value is -2.58. The third-order valence-electron chi connectivity index (χ3n) is 5.68. The van der Waals surface area contributed by atoms with Crippen molar-refractivity contribution in [3.8, 4) is 10.7 Å². The highest BCUT2D eigenvalue weighted by Crippen LogP contribution is 2.50. The number of thiophene rings is 1. The molecule has 2 fully saturated rings. The summed E-state index contributed by atoms with van der Waals surface area (Å²) in [6.07, 6.45) is -0.683.